The Bertz CT molecular complexity index is 1290. The number of benzene rings is 1. The van der Waals surface area contributed by atoms with Gasteiger partial charge in [0.25, 0.3) is 0 Å². The fraction of sp³-hybridized carbons (Fsp3) is 0.240. The summed E-state index contributed by atoms with van der Waals surface area (Å²) >= 11 is 3.65. The first-order chi connectivity index (χ1) is 16.0. The van der Waals surface area contributed by atoms with Gasteiger partial charge in [0.15, 0.2) is 0 Å². The number of amides is 1. The van der Waals surface area contributed by atoms with Gasteiger partial charge in [-0.15, -0.1) is 0 Å². The topological polar surface area (TPSA) is 79.8 Å². The number of pyridine rings is 1. The summed E-state index contributed by atoms with van der Waals surface area (Å²) in [5.41, 5.74) is 12.2. The maximum atomic E-state index is 11.6. The number of carbonyl (C=O) groups excluding carboxylic acids is 1. The second-order valence-corrected chi connectivity index (χ2v) is 9.05. The van der Waals surface area contributed by atoms with Crippen molar-refractivity contribution in [2.45, 2.75) is 13.5 Å². The summed E-state index contributed by atoms with van der Waals surface area (Å²) in [5, 5.41) is 0. The van der Waals surface area contributed by atoms with Crippen LogP contribution in [0.25, 0.3) is 28.0 Å². The van der Waals surface area contributed by atoms with Crippen molar-refractivity contribution in [3.8, 4) is 22.4 Å². The molecule has 7 nitrogen and oxygen atoms in total. The summed E-state index contributed by atoms with van der Waals surface area (Å²) in [6.45, 7) is 5.40. The maximum Gasteiger partial charge on any atom is 0.219 e. The van der Waals surface area contributed by atoms with E-state index in [9.17, 15) is 4.79 Å². The van der Waals surface area contributed by atoms with Gasteiger partial charge in [-0.2, -0.15) is 0 Å². The number of carbonyl (C=O) groups is 1. The van der Waals surface area contributed by atoms with Crippen LogP contribution >= 0.6 is 15.9 Å². The van der Waals surface area contributed by atoms with Crippen molar-refractivity contribution in [2.75, 3.05) is 31.9 Å². The van der Waals surface area contributed by atoms with E-state index in [-0.39, 0.29) is 5.91 Å². The highest BCUT2D eigenvalue weighted by Gasteiger charge is 2.22. The summed E-state index contributed by atoms with van der Waals surface area (Å²) in [7, 11) is 0. The number of halogens is 1. The Morgan fingerprint density at radius 3 is 2.45 bits per heavy atom. The minimum Gasteiger partial charge on any atom is -0.384 e. The van der Waals surface area contributed by atoms with Crippen LogP contribution in [0.1, 0.15) is 12.6 Å². The third-order valence-corrected chi connectivity index (χ3v) is 7.04. The highest BCUT2D eigenvalue weighted by Crippen LogP contribution is 2.32. The van der Waals surface area contributed by atoms with Gasteiger partial charge in [0.1, 0.15) is 11.5 Å². The van der Waals surface area contributed by atoms with Crippen LogP contribution in [-0.2, 0) is 11.3 Å². The molecule has 0 bridgehead atoms. The molecule has 168 valence electrons. The maximum absolute atomic E-state index is 11.6. The molecule has 1 amide bonds. The predicted molar refractivity (Wildman–Crippen MR) is 134 cm³/mol. The molecule has 1 aliphatic heterocycles. The van der Waals surface area contributed by atoms with Gasteiger partial charge in [-0.05, 0) is 28.1 Å². The molecule has 1 aliphatic rings. The zero-order chi connectivity index (χ0) is 22.9. The first-order valence-corrected chi connectivity index (χ1v) is 11.7. The largest absolute Gasteiger partial charge is 0.384 e. The van der Waals surface area contributed by atoms with E-state index in [1.807, 2.05) is 52.0 Å². The fourth-order valence-electron chi connectivity index (χ4n) is 4.26. The average Bonchev–Trinajstić information content (AvgIpc) is 3.27. The molecule has 0 unspecified atom stereocenters. The van der Waals surface area contributed by atoms with Crippen molar-refractivity contribution >= 4 is 33.3 Å². The van der Waals surface area contributed by atoms with E-state index < -0.39 is 0 Å². The zero-order valence-electron chi connectivity index (χ0n) is 18.4. The van der Waals surface area contributed by atoms with Crippen molar-refractivity contribution in [1.82, 2.24) is 24.2 Å². The van der Waals surface area contributed by atoms with Crippen molar-refractivity contribution in [1.29, 1.82) is 0 Å². The lowest BCUT2D eigenvalue weighted by molar-refractivity contribution is -0.130. The van der Waals surface area contributed by atoms with E-state index in [0.29, 0.717) is 12.4 Å². The molecule has 2 N–H and O–H groups in total. The molecule has 33 heavy (non-hydrogen) atoms. The van der Waals surface area contributed by atoms with Gasteiger partial charge in [0, 0.05) is 68.7 Å². The van der Waals surface area contributed by atoms with Crippen LogP contribution in [-0.4, -0.2) is 56.3 Å². The van der Waals surface area contributed by atoms with Crippen LogP contribution in [0, 0.1) is 0 Å². The number of hydrogen-bond donors (Lipinski definition) is 1. The molecule has 3 aromatic heterocycles. The normalized spacial score (nSPS) is 14.7. The standard InChI is InChI=1S/C25H25BrN6O/c1-17(33)31-13-11-30(12-14-31)16-22-23(26)24(27)32-10-9-20(25(32)29-22)19-7-8-21(28-15-19)18-5-3-2-4-6-18/h2-10,15H,11-14,16,27H2,1H3. The van der Waals surface area contributed by atoms with E-state index in [4.69, 9.17) is 10.7 Å². The summed E-state index contributed by atoms with van der Waals surface area (Å²) in [4.78, 5) is 25.5. The second kappa shape index (κ2) is 8.96. The van der Waals surface area contributed by atoms with E-state index in [0.717, 1.165) is 64.4 Å². The molecule has 1 fully saturated rings. The van der Waals surface area contributed by atoms with Crippen molar-refractivity contribution in [2.24, 2.45) is 0 Å². The van der Waals surface area contributed by atoms with Crippen LogP contribution in [0.3, 0.4) is 0 Å². The molecular formula is C25H25BrN6O. The molecule has 0 radical (unpaired) electrons. The lowest BCUT2D eigenvalue weighted by atomic mass is 10.1. The smallest absolute Gasteiger partial charge is 0.219 e. The van der Waals surface area contributed by atoms with Gasteiger partial charge < -0.3 is 10.6 Å². The summed E-state index contributed by atoms with van der Waals surface area (Å²) in [6.07, 6.45) is 3.83. The summed E-state index contributed by atoms with van der Waals surface area (Å²) < 4.78 is 2.71. The highest BCUT2D eigenvalue weighted by molar-refractivity contribution is 9.10. The Balaban J connectivity index is 1.44. The van der Waals surface area contributed by atoms with Gasteiger partial charge >= 0.3 is 0 Å². The van der Waals surface area contributed by atoms with Crippen molar-refractivity contribution in [3.05, 3.63) is 71.1 Å². The number of anilines is 1. The molecule has 1 saturated heterocycles. The molecule has 4 heterocycles. The monoisotopic (exact) mass is 504 g/mol. The number of rotatable bonds is 4. The average molecular weight is 505 g/mol. The van der Waals surface area contributed by atoms with E-state index in [2.05, 4.69) is 44.0 Å². The predicted octanol–water partition coefficient (Wildman–Crippen LogP) is 4.07. The van der Waals surface area contributed by atoms with Gasteiger partial charge in [0.05, 0.1) is 15.9 Å². The summed E-state index contributed by atoms with van der Waals surface area (Å²) in [5.74, 6) is 0.752. The molecule has 1 aromatic carbocycles. The molecular weight excluding hydrogens is 480 g/mol. The quantitative estimate of drug-likeness (QED) is 0.453. The number of fused-ring (bicyclic) bond motifs is 1. The molecule has 0 atom stereocenters. The fourth-order valence-corrected chi connectivity index (χ4v) is 4.66. The first-order valence-electron chi connectivity index (χ1n) is 11.0. The lowest BCUT2D eigenvalue weighted by Crippen LogP contribution is -2.47. The lowest BCUT2D eigenvalue weighted by Gasteiger charge is -2.34. The van der Waals surface area contributed by atoms with Gasteiger partial charge in [-0.1, -0.05) is 36.4 Å². The zero-order valence-corrected chi connectivity index (χ0v) is 20.0. The molecule has 5 rings (SSSR count). The SMILES string of the molecule is CC(=O)N1CCN(Cc2nc3c(-c4ccc(-c5ccccc5)nc4)ccn3c(N)c2Br)CC1. The molecule has 0 saturated carbocycles. The van der Waals surface area contributed by atoms with E-state index in [1.54, 1.807) is 6.92 Å². The minimum atomic E-state index is 0.129. The number of aromatic nitrogens is 3. The molecule has 0 spiro atoms. The molecule has 8 heteroatoms. The number of nitrogen functional groups attached to an aromatic ring is 1. The Morgan fingerprint density at radius 2 is 1.79 bits per heavy atom. The Labute approximate surface area is 201 Å². The summed E-state index contributed by atoms with van der Waals surface area (Å²) in [6, 6.07) is 16.3. The van der Waals surface area contributed by atoms with Crippen LogP contribution in [0.2, 0.25) is 0 Å². The number of nitrogens with two attached hydrogens (primary N) is 1. The minimum absolute atomic E-state index is 0.129. The van der Waals surface area contributed by atoms with Crippen LogP contribution in [0.5, 0.6) is 0 Å². The molecule has 0 aliphatic carbocycles. The second-order valence-electron chi connectivity index (χ2n) is 8.26. The van der Waals surface area contributed by atoms with E-state index >= 15 is 0 Å². The first kappa shape index (κ1) is 21.6. The van der Waals surface area contributed by atoms with Gasteiger partial charge in [-0.25, -0.2) is 4.98 Å². The Hall–Kier alpha value is -3.23. The van der Waals surface area contributed by atoms with Gasteiger partial charge in [0.2, 0.25) is 5.91 Å². The number of piperazine rings is 1. The highest BCUT2D eigenvalue weighted by atomic mass is 79.9. The van der Waals surface area contributed by atoms with E-state index in [1.165, 1.54) is 0 Å². The van der Waals surface area contributed by atoms with Gasteiger partial charge in [-0.3, -0.25) is 19.1 Å². The number of nitrogens with zero attached hydrogens (tertiary/aromatic N) is 5. The van der Waals surface area contributed by atoms with Crippen molar-refractivity contribution < 1.29 is 4.79 Å². The Morgan fingerprint density at radius 1 is 1.03 bits per heavy atom. The third-order valence-electron chi connectivity index (χ3n) is 6.17. The Kier molecular flexibility index (Phi) is 5.86. The third kappa shape index (κ3) is 4.24. The van der Waals surface area contributed by atoms with Crippen LogP contribution in [0.4, 0.5) is 5.82 Å². The van der Waals surface area contributed by atoms with Crippen molar-refractivity contribution in [3.63, 3.8) is 0 Å². The molecule has 4 aromatic rings. The van der Waals surface area contributed by atoms with Crippen LogP contribution in [0.15, 0.2) is 65.4 Å². The number of hydrogen-bond acceptors (Lipinski definition) is 5. The van der Waals surface area contributed by atoms with Crippen LogP contribution < -0.4 is 5.73 Å².